The second-order valence-electron chi connectivity index (χ2n) is 6.60. The normalized spacial score (nSPS) is 15.4. The maximum atomic E-state index is 12.6. The molecule has 0 aliphatic heterocycles. The molecule has 132 valence electrons. The smallest absolute Gasteiger partial charge is 0.261 e. The molecule has 2 N–H and O–H groups in total. The van der Waals surface area contributed by atoms with Crippen LogP contribution in [0.3, 0.4) is 0 Å². The Morgan fingerprint density at radius 2 is 1.80 bits per heavy atom. The summed E-state index contributed by atoms with van der Waals surface area (Å²) in [5, 5.41) is 2.94. The molecular formula is C19H22N2O3S. The van der Waals surface area contributed by atoms with Crippen LogP contribution in [0.25, 0.3) is 0 Å². The molecule has 1 fully saturated rings. The first-order chi connectivity index (χ1) is 11.8. The van der Waals surface area contributed by atoms with Gasteiger partial charge in [-0.05, 0) is 62.9 Å². The number of amides is 1. The number of carbonyl (C=O) groups is 1. The molecule has 1 atom stereocenters. The molecule has 2 aromatic rings. The standard InChI is InChI=1S/C19H22N2O3S/c1-13-6-10-17(11-7-13)21-25(23,24)18-5-3-4-16(12-18)19(22)20-14(2)15-8-9-15/h3-7,10-12,14-15,21H,8-9H2,1-2H3,(H,20,22). The molecule has 5 nitrogen and oxygen atoms in total. The third-order valence-electron chi connectivity index (χ3n) is 4.40. The van der Waals surface area contributed by atoms with Crippen LogP contribution >= 0.6 is 0 Å². The fraction of sp³-hybridized carbons (Fsp3) is 0.316. The molecule has 0 radical (unpaired) electrons. The first-order valence-corrected chi connectivity index (χ1v) is 9.84. The Hall–Kier alpha value is -2.34. The lowest BCUT2D eigenvalue weighted by atomic mass is 10.1. The summed E-state index contributed by atoms with van der Waals surface area (Å²) in [7, 11) is -3.74. The van der Waals surface area contributed by atoms with Gasteiger partial charge in [0.15, 0.2) is 0 Å². The van der Waals surface area contributed by atoms with Gasteiger partial charge >= 0.3 is 0 Å². The molecular weight excluding hydrogens is 336 g/mol. The van der Waals surface area contributed by atoms with Gasteiger partial charge in [-0.25, -0.2) is 8.42 Å². The van der Waals surface area contributed by atoms with Gasteiger partial charge in [-0.1, -0.05) is 23.8 Å². The molecule has 3 rings (SSSR count). The Balaban J connectivity index is 1.77. The second kappa shape index (κ2) is 6.88. The van der Waals surface area contributed by atoms with Crippen molar-refractivity contribution in [1.29, 1.82) is 0 Å². The van der Waals surface area contributed by atoms with Gasteiger partial charge in [-0.15, -0.1) is 0 Å². The Morgan fingerprint density at radius 1 is 1.12 bits per heavy atom. The zero-order valence-corrected chi connectivity index (χ0v) is 15.1. The van der Waals surface area contributed by atoms with Crippen LogP contribution in [-0.4, -0.2) is 20.4 Å². The Bertz CT molecular complexity index is 872. The first kappa shape index (κ1) is 17.5. The molecule has 1 amide bonds. The van der Waals surface area contributed by atoms with E-state index >= 15 is 0 Å². The van der Waals surface area contributed by atoms with Crippen LogP contribution in [0.1, 0.15) is 35.7 Å². The monoisotopic (exact) mass is 358 g/mol. The molecule has 6 heteroatoms. The van der Waals surface area contributed by atoms with E-state index in [0.29, 0.717) is 17.2 Å². The van der Waals surface area contributed by atoms with E-state index in [0.717, 1.165) is 18.4 Å². The van der Waals surface area contributed by atoms with Gasteiger partial charge in [0.2, 0.25) is 0 Å². The summed E-state index contributed by atoms with van der Waals surface area (Å²) in [6.45, 7) is 3.91. The minimum Gasteiger partial charge on any atom is -0.349 e. The number of sulfonamides is 1. The van der Waals surface area contributed by atoms with Crippen molar-refractivity contribution < 1.29 is 13.2 Å². The van der Waals surface area contributed by atoms with Crippen molar-refractivity contribution in [3.63, 3.8) is 0 Å². The zero-order valence-electron chi connectivity index (χ0n) is 14.3. The molecule has 0 bridgehead atoms. The van der Waals surface area contributed by atoms with Gasteiger partial charge < -0.3 is 5.32 Å². The van der Waals surface area contributed by atoms with Gasteiger partial charge in [0, 0.05) is 17.3 Å². The van der Waals surface area contributed by atoms with Crippen molar-refractivity contribution in [2.24, 2.45) is 5.92 Å². The van der Waals surface area contributed by atoms with Crippen LogP contribution in [0.5, 0.6) is 0 Å². The van der Waals surface area contributed by atoms with Crippen molar-refractivity contribution in [3.8, 4) is 0 Å². The number of anilines is 1. The van der Waals surface area contributed by atoms with E-state index in [9.17, 15) is 13.2 Å². The fourth-order valence-corrected chi connectivity index (χ4v) is 3.75. The van der Waals surface area contributed by atoms with Gasteiger partial charge in [-0.3, -0.25) is 9.52 Å². The summed E-state index contributed by atoms with van der Waals surface area (Å²) in [6, 6.07) is 13.3. The van der Waals surface area contributed by atoms with Crippen molar-refractivity contribution in [1.82, 2.24) is 5.32 Å². The molecule has 25 heavy (non-hydrogen) atoms. The number of hydrogen-bond acceptors (Lipinski definition) is 3. The third kappa shape index (κ3) is 4.39. The van der Waals surface area contributed by atoms with Crippen LogP contribution < -0.4 is 10.0 Å². The summed E-state index contributed by atoms with van der Waals surface area (Å²) < 4.78 is 27.7. The number of benzene rings is 2. The Morgan fingerprint density at radius 3 is 2.44 bits per heavy atom. The van der Waals surface area contributed by atoms with Gasteiger partial charge in [0.25, 0.3) is 15.9 Å². The minimum atomic E-state index is -3.74. The van der Waals surface area contributed by atoms with Crippen LogP contribution in [0.2, 0.25) is 0 Å². The number of carbonyl (C=O) groups excluding carboxylic acids is 1. The van der Waals surface area contributed by atoms with Crippen LogP contribution in [0.15, 0.2) is 53.4 Å². The number of aryl methyl sites for hydroxylation is 1. The average Bonchev–Trinajstić information content (AvgIpc) is 3.42. The number of nitrogens with one attached hydrogen (secondary N) is 2. The highest BCUT2D eigenvalue weighted by atomic mass is 32.2. The molecule has 0 aromatic heterocycles. The van der Waals surface area contributed by atoms with Crippen LogP contribution in [0, 0.1) is 12.8 Å². The number of rotatable bonds is 6. The van der Waals surface area contributed by atoms with E-state index in [1.807, 2.05) is 26.0 Å². The van der Waals surface area contributed by atoms with E-state index < -0.39 is 10.0 Å². The average molecular weight is 358 g/mol. The van der Waals surface area contributed by atoms with Gasteiger partial charge in [-0.2, -0.15) is 0 Å². The molecule has 0 heterocycles. The third-order valence-corrected chi connectivity index (χ3v) is 5.78. The highest BCUT2D eigenvalue weighted by molar-refractivity contribution is 7.92. The van der Waals surface area contributed by atoms with Crippen LogP contribution in [-0.2, 0) is 10.0 Å². The van der Waals surface area contributed by atoms with E-state index in [-0.39, 0.29) is 16.8 Å². The lowest BCUT2D eigenvalue weighted by molar-refractivity contribution is 0.0935. The molecule has 2 aromatic carbocycles. The van der Waals surface area contributed by atoms with E-state index in [1.165, 1.54) is 12.1 Å². The molecule has 1 saturated carbocycles. The summed E-state index contributed by atoms with van der Waals surface area (Å²) >= 11 is 0. The topological polar surface area (TPSA) is 75.3 Å². The lowest BCUT2D eigenvalue weighted by Crippen LogP contribution is -2.34. The minimum absolute atomic E-state index is 0.0693. The summed E-state index contributed by atoms with van der Waals surface area (Å²) in [5.41, 5.74) is 1.88. The summed E-state index contributed by atoms with van der Waals surface area (Å²) in [6.07, 6.45) is 2.27. The second-order valence-corrected chi connectivity index (χ2v) is 8.28. The zero-order chi connectivity index (χ0) is 18.0. The SMILES string of the molecule is Cc1ccc(NS(=O)(=O)c2cccc(C(=O)NC(C)C3CC3)c2)cc1. The quantitative estimate of drug-likeness (QED) is 0.832. The molecule has 1 unspecified atom stereocenters. The maximum Gasteiger partial charge on any atom is 0.261 e. The fourth-order valence-electron chi connectivity index (χ4n) is 2.64. The van der Waals surface area contributed by atoms with Gasteiger partial charge in [0.1, 0.15) is 0 Å². The van der Waals surface area contributed by atoms with E-state index in [2.05, 4.69) is 10.0 Å². The van der Waals surface area contributed by atoms with Crippen molar-refractivity contribution in [3.05, 3.63) is 59.7 Å². The Kier molecular flexibility index (Phi) is 4.81. The first-order valence-electron chi connectivity index (χ1n) is 8.35. The largest absolute Gasteiger partial charge is 0.349 e. The van der Waals surface area contributed by atoms with E-state index in [4.69, 9.17) is 0 Å². The molecule has 1 aliphatic carbocycles. The van der Waals surface area contributed by atoms with Crippen LogP contribution in [0.4, 0.5) is 5.69 Å². The van der Waals surface area contributed by atoms with Gasteiger partial charge in [0.05, 0.1) is 4.90 Å². The van der Waals surface area contributed by atoms with Crippen molar-refractivity contribution in [2.75, 3.05) is 4.72 Å². The Labute approximate surface area is 148 Å². The lowest BCUT2D eigenvalue weighted by Gasteiger charge is -2.13. The predicted octanol–water partition coefficient (Wildman–Crippen LogP) is 3.32. The molecule has 0 saturated heterocycles. The predicted molar refractivity (Wildman–Crippen MR) is 98.1 cm³/mol. The van der Waals surface area contributed by atoms with Crippen molar-refractivity contribution in [2.45, 2.75) is 37.6 Å². The molecule has 0 spiro atoms. The highest BCUT2D eigenvalue weighted by Crippen LogP contribution is 2.32. The molecule has 1 aliphatic rings. The maximum absolute atomic E-state index is 12.6. The van der Waals surface area contributed by atoms with E-state index in [1.54, 1.807) is 24.3 Å². The number of hydrogen-bond donors (Lipinski definition) is 2. The summed E-state index contributed by atoms with van der Waals surface area (Å²) in [4.78, 5) is 12.4. The van der Waals surface area contributed by atoms with Crippen molar-refractivity contribution >= 4 is 21.6 Å². The summed E-state index contributed by atoms with van der Waals surface area (Å²) in [5.74, 6) is 0.297. The highest BCUT2D eigenvalue weighted by Gasteiger charge is 2.29.